The third-order valence-electron chi connectivity index (χ3n) is 1.95. The van der Waals surface area contributed by atoms with Gasteiger partial charge in [-0.05, 0) is 18.9 Å². The van der Waals surface area contributed by atoms with E-state index in [-0.39, 0.29) is 6.54 Å². The quantitative estimate of drug-likeness (QED) is 0.643. The van der Waals surface area contributed by atoms with Crippen LogP contribution in [0.2, 0.25) is 0 Å². The normalized spacial score (nSPS) is 25.7. The average Bonchev–Trinajstić information content (AvgIpc) is 2.34. The molecule has 64 valence electrons. The van der Waals surface area contributed by atoms with Crippen LogP contribution in [-0.4, -0.2) is 41.5 Å². The van der Waals surface area contributed by atoms with Gasteiger partial charge in [0.05, 0.1) is 6.54 Å². The summed E-state index contributed by atoms with van der Waals surface area (Å²) in [6.45, 7) is 1.88. The van der Waals surface area contributed by atoms with E-state index in [2.05, 4.69) is 0 Å². The van der Waals surface area contributed by atoms with Crippen LogP contribution in [0, 0.1) is 5.92 Å². The van der Waals surface area contributed by atoms with Gasteiger partial charge in [0.2, 0.25) is 0 Å². The van der Waals surface area contributed by atoms with E-state index in [1.54, 1.807) is 0 Å². The number of hydrogen-bond acceptors (Lipinski definition) is 2. The van der Waals surface area contributed by atoms with Crippen molar-refractivity contribution in [3.05, 3.63) is 0 Å². The summed E-state index contributed by atoms with van der Waals surface area (Å²) >= 11 is 5.64. The zero-order valence-corrected chi connectivity index (χ0v) is 7.05. The Labute approximate surface area is 70.9 Å². The lowest BCUT2D eigenvalue weighted by Crippen LogP contribution is -2.27. The standard InChI is InChI=1S/C7H12ClNO2/c8-3-6-1-2-9(4-6)5-7(10)11/h6H,1-5H2,(H,10,11). The van der Waals surface area contributed by atoms with Crippen LogP contribution in [0.25, 0.3) is 0 Å². The Bertz CT molecular complexity index is 151. The van der Waals surface area contributed by atoms with Gasteiger partial charge in [-0.25, -0.2) is 0 Å². The van der Waals surface area contributed by atoms with Crippen molar-refractivity contribution in [2.24, 2.45) is 5.92 Å². The molecule has 1 atom stereocenters. The smallest absolute Gasteiger partial charge is 0.317 e. The first kappa shape index (κ1) is 8.81. The molecule has 0 aliphatic carbocycles. The van der Waals surface area contributed by atoms with E-state index in [1.807, 2.05) is 4.90 Å². The summed E-state index contributed by atoms with van der Waals surface area (Å²) in [5.41, 5.74) is 0. The van der Waals surface area contributed by atoms with Crippen molar-refractivity contribution < 1.29 is 9.90 Å². The number of carboxylic acid groups (broad SMARTS) is 1. The predicted octanol–water partition coefficient (Wildman–Crippen LogP) is 0.632. The number of likely N-dealkylation sites (tertiary alicyclic amines) is 1. The Balaban J connectivity index is 2.24. The minimum atomic E-state index is -0.750. The molecule has 1 N–H and O–H groups in total. The molecule has 3 nitrogen and oxygen atoms in total. The van der Waals surface area contributed by atoms with E-state index in [1.165, 1.54) is 0 Å². The molecule has 1 unspecified atom stereocenters. The highest BCUT2D eigenvalue weighted by molar-refractivity contribution is 6.18. The van der Waals surface area contributed by atoms with Crippen LogP contribution in [-0.2, 0) is 4.79 Å². The maximum absolute atomic E-state index is 10.3. The molecule has 1 rings (SSSR count). The Morgan fingerprint density at radius 2 is 2.45 bits per heavy atom. The number of rotatable bonds is 3. The average molecular weight is 178 g/mol. The molecule has 4 heteroatoms. The van der Waals surface area contributed by atoms with Crippen LogP contribution in [0.15, 0.2) is 0 Å². The molecule has 1 saturated heterocycles. The van der Waals surface area contributed by atoms with E-state index >= 15 is 0 Å². The molecular weight excluding hydrogens is 166 g/mol. The first-order valence-electron chi connectivity index (χ1n) is 3.72. The molecule has 1 aliphatic rings. The summed E-state index contributed by atoms with van der Waals surface area (Å²) < 4.78 is 0. The van der Waals surface area contributed by atoms with Gasteiger partial charge in [0.15, 0.2) is 0 Å². The van der Waals surface area contributed by atoms with Gasteiger partial charge in [0.1, 0.15) is 0 Å². The molecule has 0 aromatic carbocycles. The zero-order valence-electron chi connectivity index (χ0n) is 6.29. The molecule has 0 saturated carbocycles. The number of aliphatic carboxylic acids is 1. The largest absolute Gasteiger partial charge is 0.480 e. The van der Waals surface area contributed by atoms with Crippen LogP contribution in [0.3, 0.4) is 0 Å². The number of carboxylic acids is 1. The maximum Gasteiger partial charge on any atom is 0.317 e. The monoisotopic (exact) mass is 177 g/mol. The molecular formula is C7H12ClNO2. The molecule has 0 radical (unpaired) electrons. The Morgan fingerprint density at radius 3 is 2.91 bits per heavy atom. The summed E-state index contributed by atoms with van der Waals surface area (Å²) in [6.07, 6.45) is 1.04. The second kappa shape index (κ2) is 3.93. The van der Waals surface area contributed by atoms with Crippen molar-refractivity contribution in [2.75, 3.05) is 25.5 Å². The fourth-order valence-corrected chi connectivity index (χ4v) is 1.63. The van der Waals surface area contributed by atoms with Crippen molar-refractivity contribution in [3.8, 4) is 0 Å². The molecule has 1 aliphatic heterocycles. The number of nitrogens with zero attached hydrogens (tertiary/aromatic N) is 1. The summed E-state index contributed by atoms with van der Waals surface area (Å²) in [5, 5.41) is 8.46. The van der Waals surface area contributed by atoms with Crippen molar-refractivity contribution >= 4 is 17.6 Å². The van der Waals surface area contributed by atoms with E-state index < -0.39 is 5.97 Å². The predicted molar refractivity (Wildman–Crippen MR) is 42.9 cm³/mol. The molecule has 0 bridgehead atoms. The van der Waals surface area contributed by atoms with Gasteiger partial charge < -0.3 is 5.11 Å². The maximum atomic E-state index is 10.3. The second-order valence-electron chi connectivity index (χ2n) is 2.94. The SMILES string of the molecule is O=C(O)CN1CCC(CCl)C1. The minimum absolute atomic E-state index is 0.160. The molecule has 1 fully saturated rings. The van der Waals surface area contributed by atoms with Crippen LogP contribution >= 0.6 is 11.6 Å². The lowest BCUT2D eigenvalue weighted by molar-refractivity contribution is -0.138. The van der Waals surface area contributed by atoms with Crippen molar-refractivity contribution in [2.45, 2.75) is 6.42 Å². The zero-order chi connectivity index (χ0) is 8.27. The van der Waals surface area contributed by atoms with Crippen molar-refractivity contribution in [1.82, 2.24) is 4.90 Å². The van der Waals surface area contributed by atoms with Crippen LogP contribution in [0.1, 0.15) is 6.42 Å². The van der Waals surface area contributed by atoms with Crippen LogP contribution < -0.4 is 0 Å². The third kappa shape index (κ3) is 2.67. The number of hydrogen-bond donors (Lipinski definition) is 1. The van der Waals surface area contributed by atoms with E-state index in [0.717, 1.165) is 19.5 Å². The van der Waals surface area contributed by atoms with Gasteiger partial charge in [-0.15, -0.1) is 11.6 Å². The molecule has 11 heavy (non-hydrogen) atoms. The fourth-order valence-electron chi connectivity index (χ4n) is 1.37. The first-order valence-corrected chi connectivity index (χ1v) is 4.26. The summed E-state index contributed by atoms with van der Waals surface area (Å²) in [7, 11) is 0. The molecule has 0 aromatic heterocycles. The van der Waals surface area contributed by atoms with Gasteiger partial charge in [0.25, 0.3) is 0 Å². The molecule has 1 heterocycles. The van der Waals surface area contributed by atoms with Crippen molar-refractivity contribution in [1.29, 1.82) is 0 Å². The number of halogens is 1. The van der Waals surface area contributed by atoms with E-state index in [4.69, 9.17) is 16.7 Å². The molecule has 0 spiro atoms. The topological polar surface area (TPSA) is 40.5 Å². The number of alkyl halides is 1. The Kier molecular flexibility index (Phi) is 3.15. The van der Waals surface area contributed by atoms with Gasteiger partial charge in [-0.3, -0.25) is 9.69 Å². The summed E-state index contributed by atoms with van der Waals surface area (Å²) in [6, 6.07) is 0. The third-order valence-corrected chi connectivity index (χ3v) is 2.38. The van der Waals surface area contributed by atoms with Gasteiger partial charge in [0, 0.05) is 12.4 Å². The first-order chi connectivity index (χ1) is 5.22. The lowest BCUT2D eigenvalue weighted by Gasteiger charge is -2.11. The lowest BCUT2D eigenvalue weighted by atomic mass is 10.2. The van der Waals surface area contributed by atoms with Gasteiger partial charge in [-0.2, -0.15) is 0 Å². The van der Waals surface area contributed by atoms with Crippen molar-refractivity contribution in [3.63, 3.8) is 0 Å². The summed E-state index contributed by atoms with van der Waals surface area (Å²) in [4.78, 5) is 12.2. The van der Waals surface area contributed by atoms with Gasteiger partial charge >= 0.3 is 5.97 Å². The highest BCUT2D eigenvalue weighted by Gasteiger charge is 2.22. The minimum Gasteiger partial charge on any atom is -0.480 e. The number of carbonyl (C=O) groups is 1. The molecule has 0 amide bonds. The van der Waals surface area contributed by atoms with Crippen LogP contribution in [0.4, 0.5) is 0 Å². The van der Waals surface area contributed by atoms with Gasteiger partial charge in [-0.1, -0.05) is 0 Å². The molecule has 0 aromatic rings. The highest BCUT2D eigenvalue weighted by Crippen LogP contribution is 2.16. The van der Waals surface area contributed by atoms with E-state index in [0.29, 0.717) is 11.8 Å². The Morgan fingerprint density at radius 1 is 1.73 bits per heavy atom. The van der Waals surface area contributed by atoms with E-state index in [9.17, 15) is 4.79 Å². The summed E-state index contributed by atoms with van der Waals surface area (Å²) in [5.74, 6) is 0.395. The van der Waals surface area contributed by atoms with Crippen LogP contribution in [0.5, 0.6) is 0 Å². The fraction of sp³-hybridized carbons (Fsp3) is 0.857. The highest BCUT2D eigenvalue weighted by atomic mass is 35.5. The Hall–Kier alpha value is -0.280. The second-order valence-corrected chi connectivity index (χ2v) is 3.25.